The Bertz CT molecular complexity index is 346. The molecule has 2 aliphatic rings. The lowest BCUT2D eigenvalue weighted by molar-refractivity contribution is 0.467. The summed E-state index contributed by atoms with van der Waals surface area (Å²) in [7, 11) is 0. The second kappa shape index (κ2) is 5.07. The summed E-state index contributed by atoms with van der Waals surface area (Å²) in [6.45, 7) is 4.65. The van der Waals surface area contributed by atoms with Gasteiger partial charge in [0.05, 0.1) is 0 Å². The van der Waals surface area contributed by atoms with Gasteiger partial charge >= 0.3 is 0 Å². The van der Waals surface area contributed by atoms with Crippen molar-refractivity contribution >= 4 is 5.69 Å². The molecule has 3 rings (SSSR count). The van der Waals surface area contributed by atoms with E-state index in [0.717, 1.165) is 13.1 Å². The molecule has 0 amide bonds. The SMILES string of the molecule is c1ccc(N2CCC(N[C@@H]3CCNC3)C2)cc1. The van der Waals surface area contributed by atoms with Gasteiger partial charge in [-0.3, -0.25) is 0 Å². The largest absolute Gasteiger partial charge is 0.370 e. The van der Waals surface area contributed by atoms with Crippen molar-refractivity contribution in [1.82, 2.24) is 10.6 Å². The molecule has 3 heteroatoms. The van der Waals surface area contributed by atoms with Crippen molar-refractivity contribution in [3.05, 3.63) is 30.3 Å². The van der Waals surface area contributed by atoms with Gasteiger partial charge in [-0.2, -0.15) is 0 Å². The van der Waals surface area contributed by atoms with Crippen LogP contribution in [0.15, 0.2) is 30.3 Å². The van der Waals surface area contributed by atoms with Crippen LogP contribution in [0.1, 0.15) is 12.8 Å². The average molecular weight is 231 g/mol. The normalized spacial score (nSPS) is 28.8. The van der Waals surface area contributed by atoms with Gasteiger partial charge in [-0.25, -0.2) is 0 Å². The topological polar surface area (TPSA) is 27.3 Å². The number of hydrogen-bond donors (Lipinski definition) is 2. The van der Waals surface area contributed by atoms with Crippen LogP contribution >= 0.6 is 0 Å². The van der Waals surface area contributed by atoms with E-state index >= 15 is 0 Å². The summed E-state index contributed by atoms with van der Waals surface area (Å²) in [6.07, 6.45) is 2.55. The second-order valence-corrected chi connectivity index (χ2v) is 5.12. The minimum Gasteiger partial charge on any atom is -0.370 e. The molecule has 2 N–H and O–H groups in total. The van der Waals surface area contributed by atoms with E-state index in [4.69, 9.17) is 0 Å². The van der Waals surface area contributed by atoms with Gasteiger partial charge in [-0.15, -0.1) is 0 Å². The number of nitrogens with one attached hydrogen (secondary N) is 2. The zero-order valence-corrected chi connectivity index (χ0v) is 10.2. The molecule has 2 atom stereocenters. The van der Waals surface area contributed by atoms with E-state index in [1.807, 2.05) is 0 Å². The fourth-order valence-electron chi connectivity index (χ4n) is 2.90. The fourth-order valence-corrected chi connectivity index (χ4v) is 2.90. The van der Waals surface area contributed by atoms with Crippen LogP contribution in [-0.4, -0.2) is 38.3 Å². The van der Waals surface area contributed by atoms with Crippen LogP contribution in [0.4, 0.5) is 5.69 Å². The second-order valence-electron chi connectivity index (χ2n) is 5.12. The Kier molecular flexibility index (Phi) is 3.29. The van der Waals surface area contributed by atoms with Crippen LogP contribution in [0.5, 0.6) is 0 Å². The molecule has 17 heavy (non-hydrogen) atoms. The van der Waals surface area contributed by atoms with Crippen molar-refractivity contribution in [2.24, 2.45) is 0 Å². The van der Waals surface area contributed by atoms with Crippen LogP contribution < -0.4 is 15.5 Å². The van der Waals surface area contributed by atoms with Crippen LogP contribution in [0.25, 0.3) is 0 Å². The highest BCUT2D eigenvalue weighted by atomic mass is 15.2. The first-order valence-corrected chi connectivity index (χ1v) is 6.68. The maximum absolute atomic E-state index is 3.77. The number of nitrogens with zero attached hydrogens (tertiary/aromatic N) is 1. The van der Waals surface area contributed by atoms with Crippen LogP contribution in [-0.2, 0) is 0 Å². The molecule has 2 saturated heterocycles. The van der Waals surface area contributed by atoms with Crippen LogP contribution in [0, 0.1) is 0 Å². The maximum Gasteiger partial charge on any atom is 0.0366 e. The molecule has 0 aliphatic carbocycles. The van der Waals surface area contributed by atoms with E-state index in [-0.39, 0.29) is 0 Å². The molecule has 2 aliphatic heterocycles. The fraction of sp³-hybridized carbons (Fsp3) is 0.571. The third kappa shape index (κ3) is 2.61. The molecule has 3 nitrogen and oxygen atoms in total. The molecule has 0 radical (unpaired) electrons. The maximum atomic E-state index is 3.77. The van der Waals surface area contributed by atoms with E-state index in [0.29, 0.717) is 12.1 Å². The summed E-state index contributed by atoms with van der Waals surface area (Å²) in [6, 6.07) is 12.1. The van der Waals surface area contributed by atoms with Crippen LogP contribution in [0.3, 0.4) is 0 Å². The quantitative estimate of drug-likeness (QED) is 0.819. The smallest absolute Gasteiger partial charge is 0.0366 e. The molecule has 1 aromatic rings. The predicted octanol–water partition coefficient (Wildman–Crippen LogP) is 1.22. The Morgan fingerprint density at radius 1 is 1.12 bits per heavy atom. The molecule has 1 unspecified atom stereocenters. The highest BCUT2D eigenvalue weighted by molar-refractivity contribution is 5.47. The van der Waals surface area contributed by atoms with Crippen molar-refractivity contribution in [3.63, 3.8) is 0 Å². The van der Waals surface area contributed by atoms with Crippen molar-refractivity contribution in [2.75, 3.05) is 31.1 Å². The van der Waals surface area contributed by atoms with Gasteiger partial charge in [-0.05, 0) is 31.5 Å². The monoisotopic (exact) mass is 231 g/mol. The first kappa shape index (κ1) is 11.1. The Labute approximate surface area is 103 Å². The minimum atomic E-state index is 0.667. The van der Waals surface area contributed by atoms with Crippen molar-refractivity contribution in [1.29, 1.82) is 0 Å². The van der Waals surface area contributed by atoms with Gasteiger partial charge in [-0.1, -0.05) is 18.2 Å². The molecule has 1 aromatic carbocycles. The molecule has 2 heterocycles. The molecule has 0 spiro atoms. The highest BCUT2D eigenvalue weighted by Gasteiger charge is 2.25. The van der Waals surface area contributed by atoms with Gasteiger partial charge in [0.25, 0.3) is 0 Å². The Morgan fingerprint density at radius 3 is 2.76 bits per heavy atom. The molecular weight excluding hydrogens is 210 g/mol. The Hall–Kier alpha value is -1.06. The average Bonchev–Trinajstić information content (AvgIpc) is 3.02. The predicted molar refractivity (Wildman–Crippen MR) is 71.5 cm³/mol. The van der Waals surface area contributed by atoms with Gasteiger partial charge in [0.2, 0.25) is 0 Å². The lowest BCUT2D eigenvalue weighted by Crippen LogP contribution is -2.41. The van der Waals surface area contributed by atoms with E-state index in [1.54, 1.807) is 0 Å². The molecule has 2 fully saturated rings. The lowest BCUT2D eigenvalue weighted by Gasteiger charge is -2.21. The number of rotatable bonds is 3. The molecule has 92 valence electrons. The molecular formula is C14H21N3. The third-order valence-electron chi connectivity index (χ3n) is 3.84. The number of hydrogen-bond acceptors (Lipinski definition) is 3. The molecule has 0 aromatic heterocycles. The first-order valence-electron chi connectivity index (χ1n) is 6.68. The zero-order chi connectivity index (χ0) is 11.5. The summed E-state index contributed by atoms with van der Waals surface area (Å²) >= 11 is 0. The Balaban J connectivity index is 1.55. The van der Waals surface area contributed by atoms with E-state index < -0.39 is 0 Å². The number of para-hydroxylation sites is 1. The van der Waals surface area contributed by atoms with Gasteiger partial charge < -0.3 is 15.5 Å². The molecule has 0 bridgehead atoms. The van der Waals surface area contributed by atoms with Crippen LogP contribution in [0.2, 0.25) is 0 Å². The summed E-state index contributed by atoms with van der Waals surface area (Å²) in [5.41, 5.74) is 1.36. The first-order chi connectivity index (χ1) is 8.42. The number of benzene rings is 1. The number of anilines is 1. The Morgan fingerprint density at radius 2 is 2.00 bits per heavy atom. The lowest BCUT2D eigenvalue weighted by atomic mass is 10.2. The van der Waals surface area contributed by atoms with E-state index in [2.05, 4.69) is 45.9 Å². The van der Waals surface area contributed by atoms with Crippen molar-refractivity contribution in [2.45, 2.75) is 24.9 Å². The summed E-state index contributed by atoms with van der Waals surface area (Å²) in [4.78, 5) is 2.49. The standard InChI is InChI=1S/C14H21N3/c1-2-4-14(5-3-1)17-9-7-13(11-17)16-12-6-8-15-10-12/h1-5,12-13,15-16H,6-11H2/t12-,13?/m1/s1. The van der Waals surface area contributed by atoms with E-state index in [1.165, 1.54) is 31.6 Å². The summed E-state index contributed by atoms with van der Waals surface area (Å²) in [5, 5.41) is 7.19. The summed E-state index contributed by atoms with van der Waals surface area (Å²) in [5.74, 6) is 0. The van der Waals surface area contributed by atoms with Gasteiger partial charge in [0.1, 0.15) is 0 Å². The van der Waals surface area contributed by atoms with Gasteiger partial charge in [0.15, 0.2) is 0 Å². The van der Waals surface area contributed by atoms with Crippen molar-refractivity contribution in [3.8, 4) is 0 Å². The molecule has 0 saturated carbocycles. The minimum absolute atomic E-state index is 0.667. The van der Waals surface area contributed by atoms with Gasteiger partial charge in [0, 0.05) is 37.4 Å². The van der Waals surface area contributed by atoms with Crippen molar-refractivity contribution < 1.29 is 0 Å². The summed E-state index contributed by atoms with van der Waals surface area (Å²) < 4.78 is 0. The van der Waals surface area contributed by atoms with E-state index in [9.17, 15) is 0 Å². The zero-order valence-electron chi connectivity index (χ0n) is 10.2. The third-order valence-corrected chi connectivity index (χ3v) is 3.84. The highest BCUT2D eigenvalue weighted by Crippen LogP contribution is 2.20.